The van der Waals surface area contributed by atoms with Crippen LogP contribution in [-0.2, 0) is 0 Å². The fourth-order valence-corrected chi connectivity index (χ4v) is 1.22. The Morgan fingerprint density at radius 3 is 2.62 bits per heavy atom. The third kappa shape index (κ3) is 3.43. The van der Waals surface area contributed by atoms with Crippen molar-refractivity contribution in [3.63, 3.8) is 0 Å². The fourth-order valence-electron chi connectivity index (χ4n) is 0.918. The van der Waals surface area contributed by atoms with Crippen molar-refractivity contribution in [3.8, 4) is 0 Å². The molecule has 2 N–H and O–H groups in total. The molecule has 13 heavy (non-hydrogen) atoms. The second-order valence-electron chi connectivity index (χ2n) is 2.63. The van der Waals surface area contributed by atoms with E-state index in [1.165, 1.54) is 0 Å². The molecule has 0 aliphatic carbocycles. The quantitative estimate of drug-likeness (QED) is 0.764. The van der Waals surface area contributed by atoms with E-state index < -0.39 is 0 Å². The summed E-state index contributed by atoms with van der Waals surface area (Å²) < 4.78 is 0. The van der Waals surface area contributed by atoms with E-state index in [4.69, 9.17) is 28.3 Å². The second-order valence-corrected chi connectivity index (χ2v) is 3.45. The van der Waals surface area contributed by atoms with E-state index in [1.54, 1.807) is 12.1 Å². The van der Waals surface area contributed by atoms with Gasteiger partial charge in [-0.25, -0.2) is 0 Å². The third-order valence-corrected chi connectivity index (χ3v) is 2.32. The van der Waals surface area contributed by atoms with Gasteiger partial charge < -0.3 is 10.4 Å². The summed E-state index contributed by atoms with van der Waals surface area (Å²) >= 11 is 11.5. The number of anilines is 1. The monoisotopic (exact) mass is 219 g/mol. The maximum atomic E-state index is 8.56. The molecule has 0 aliphatic rings. The summed E-state index contributed by atoms with van der Waals surface area (Å²) in [5.74, 6) is 0. The van der Waals surface area contributed by atoms with Gasteiger partial charge in [0, 0.05) is 18.8 Å². The largest absolute Gasteiger partial charge is 0.396 e. The molecule has 0 atom stereocenters. The average molecular weight is 220 g/mol. The first-order valence-corrected chi connectivity index (χ1v) is 4.79. The van der Waals surface area contributed by atoms with Gasteiger partial charge in [-0.1, -0.05) is 23.2 Å². The van der Waals surface area contributed by atoms with Gasteiger partial charge in [0.1, 0.15) is 0 Å². The van der Waals surface area contributed by atoms with E-state index in [1.807, 2.05) is 6.07 Å². The Morgan fingerprint density at radius 2 is 2.00 bits per heavy atom. The molecule has 0 bridgehead atoms. The number of hydrogen-bond donors (Lipinski definition) is 2. The van der Waals surface area contributed by atoms with Gasteiger partial charge in [-0.2, -0.15) is 0 Å². The molecule has 0 aromatic heterocycles. The number of nitrogens with one attached hydrogen (secondary N) is 1. The highest BCUT2D eigenvalue weighted by atomic mass is 35.5. The number of aliphatic hydroxyl groups excluding tert-OH is 1. The zero-order chi connectivity index (χ0) is 9.68. The summed E-state index contributed by atoms with van der Waals surface area (Å²) in [6.07, 6.45) is 0.722. The first kappa shape index (κ1) is 10.6. The van der Waals surface area contributed by atoms with Gasteiger partial charge in [0.05, 0.1) is 10.0 Å². The summed E-state index contributed by atoms with van der Waals surface area (Å²) in [6, 6.07) is 5.36. The van der Waals surface area contributed by atoms with E-state index in [2.05, 4.69) is 5.32 Å². The van der Waals surface area contributed by atoms with Crippen LogP contribution < -0.4 is 5.32 Å². The normalized spacial score (nSPS) is 10.1. The molecule has 0 fully saturated rings. The van der Waals surface area contributed by atoms with E-state index in [9.17, 15) is 0 Å². The molecular formula is C9H11Cl2NO. The van der Waals surface area contributed by atoms with Crippen LogP contribution in [0.4, 0.5) is 5.69 Å². The van der Waals surface area contributed by atoms with Crippen LogP contribution in [0.1, 0.15) is 6.42 Å². The minimum Gasteiger partial charge on any atom is -0.396 e. The molecule has 0 heterocycles. The zero-order valence-electron chi connectivity index (χ0n) is 7.06. The molecule has 1 aromatic carbocycles. The van der Waals surface area contributed by atoms with E-state index >= 15 is 0 Å². The van der Waals surface area contributed by atoms with Crippen molar-refractivity contribution < 1.29 is 5.11 Å². The lowest BCUT2D eigenvalue weighted by Gasteiger charge is -2.05. The molecule has 0 radical (unpaired) electrons. The van der Waals surface area contributed by atoms with Gasteiger partial charge in [0.2, 0.25) is 0 Å². The number of hydrogen-bond acceptors (Lipinski definition) is 2. The minimum absolute atomic E-state index is 0.189. The van der Waals surface area contributed by atoms with Crippen molar-refractivity contribution in [2.45, 2.75) is 6.42 Å². The Balaban J connectivity index is 2.53. The van der Waals surface area contributed by atoms with Crippen LogP contribution in [0.25, 0.3) is 0 Å². The zero-order valence-corrected chi connectivity index (χ0v) is 8.57. The van der Waals surface area contributed by atoms with Crippen molar-refractivity contribution in [2.75, 3.05) is 18.5 Å². The van der Waals surface area contributed by atoms with Gasteiger partial charge in [-0.05, 0) is 24.6 Å². The second kappa shape index (κ2) is 5.32. The van der Waals surface area contributed by atoms with Gasteiger partial charge in [-0.3, -0.25) is 0 Å². The van der Waals surface area contributed by atoms with Crippen molar-refractivity contribution in [2.24, 2.45) is 0 Å². The number of benzene rings is 1. The molecule has 1 aromatic rings. The van der Waals surface area contributed by atoms with Crippen LogP contribution in [0.2, 0.25) is 10.0 Å². The smallest absolute Gasteiger partial charge is 0.0612 e. The van der Waals surface area contributed by atoms with E-state index in [0.29, 0.717) is 10.0 Å². The van der Waals surface area contributed by atoms with Crippen molar-refractivity contribution in [1.82, 2.24) is 0 Å². The first-order valence-electron chi connectivity index (χ1n) is 4.04. The summed E-state index contributed by atoms with van der Waals surface area (Å²) in [5, 5.41) is 12.8. The van der Waals surface area contributed by atoms with Crippen LogP contribution in [0.5, 0.6) is 0 Å². The maximum absolute atomic E-state index is 8.56. The van der Waals surface area contributed by atoms with Gasteiger partial charge in [0.15, 0.2) is 0 Å². The lowest BCUT2D eigenvalue weighted by Crippen LogP contribution is -2.02. The Kier molecular flexibility index (Phi) is 4.36. The highest BCUT2D eigenvalue weighted by molar-refractivity contribution is 6.42. The number of aliphatic hydroxyl groups is 1. The molecular weight excluding hydrogens is 209 g/mol. The Hall–Kier alpha value is -0.440. The molecule has 0 amide bonds. The highest BCUT2D eigenvalue weighted by Crippen LogP contribution is 2.24. The Morgan fingerprint density at radius 1 is 1.23 bits per heavy atom. The summed E-state index contributed by atoms with van der Waals surface area (Å²) in [7, 11) is 0. The highest BCUT2D eigenvalue weighted by Gasteiger charge is 1.97. The van der Waals surface area contributed by atoms with Crippen LogP contribution in [0, 0.1) is 0 Å². The maximum Gasteiger partial charge on any atom is 0.0612 e. The summed E-state index contributed by atoms with van der Waals surface area (Å²) in [6.45, 7) is 0.919. The SMILES string of the molecule is OCCCNc1ccc(Cl)c(Cl)c1. The molecule has 0 aliphatic heterocycles. The lowest BCUT2D eigenvalue weighted by atomic mass is 10.3. The molecule has 0 unspecified atom stereocenters. The predicted molar refractivity (Wildman–Crippen MR) is 56.7 cm³/mol. The summed E-state index contributed by atoms with van der Waals surface area (Å²) in [4.78, 5) is 0. The van der Waals surface area contributed by atoms with Gasteiger partial charge >= 0.3 is 0 Å². The van der Waals surface area contributed by atoms with Gasteiger partial charge in [-0.15, -0.1) is 0 Å². The Labute approximate surface area is 87.5 Å². The van der Waals surface area contributed by atoms with Crippen LogP contribution in [0.3, 0.4) is 0 Å². The molecule has 0 saturated heterocycles. The molecule has 0 spiro atoms. The van der Waals surface area contributed by atoms with Crippen molar-refractivity contribution >= 4 is 28.9 Å². The standard InChI is InChI=1S/C9H11Cl2NO/c10-8-3-2-7(6-9(8)11)12-4-1-5-13/h2-3,6,12-13H,1,4-5H2. The number of rotatable bonds is 4. The summed E-state index contributed by atoms with van der Waals surface area (Å²) in [5.41, 5.74) is 0.919. The minimum atomic E-state index is 0.189. The molecule has 2 nitrogen and oxygen atoms in total. The van der Waals surface area contributed by atoms with Crippen molar-refractivity contribution in [1.29, 1.82) is 0 Å². The topological polar surface area (TPSA) is 32.3 Å². The van der Waals surface area contributed by atoms with E-state index in [0.717, 1.165) is 18.7 Å². The average Bonchev–Trinajstić information content (AvgIpc) is 2.12. The molecule has 4 heteroatoms. The third-order valence-electron chi connectivity index (χ3n) is 1.58. The number of halogens is 2. The lowest BCUT2D eigenvalue weighted by molar-refractivity contribution is 0.292. The first-order chi connectivity index (χ1) is 6.24. The van der Waals surface area contributed by atoms with E-state index in [-0.39, 0.29) is 6.61 Å². The van der Waals surface area contributed by atoms with Crippen LogP contribution in [-0.4, -0.2) is 18.3 Å². The Bertz CT molecular complexity index is 278. The van der Waals surface area contributed by atoms with Crippen LogP contribution in [0.15, 0.2) is 18.2 Å². The fraction of sp³-hybridized carbons (Fsp3) is 0.333. The predicted octanol–water partition coefficient (Wildman–Crippen LogP) is 2.79. The van der Waals surface area contributed by atoms with Gasteiger partial charge in [0.25, 0.3) is 0 Å². The molecule has 0 saturated carbocycles. The molecule has 1 rings (SSSR count). The molecule has 72 valence electrons. The van der Waals surface area contributed by atoms with Crippen LogP contribution >= 0.6 is 23.2 Å². The van der Waals surface area contributed by atoms with Crippen molar-refractivity contribution in [3.05, 3.63) is 28.2 Å².